The lowest BCUT2D eigenvalue weighted by molar-refractivity contribution is -0.141. The normalized spacial score (nSPS) is 22.8. The zero-order valence-electron chi connectivity index (χ0n) is 10.6. The molecule has 2 atom stereocenters. The number of rotatable bonds is 2. The number of carboxylic acid groups (broad SMARTS) is 1. The van der Waals surface area contributed by atoms with Crippen molar-refractivity contribution >= 4 is 11.7 Å². The number of anilines is 1. The van der Waals surface area contributed by atoms with E-state index in [1.54, 1.807) is 6.07 Å². The average molecular weight is 244 g/mol. The van der Waals surface area contributed by atoms with Gasteiger partial charge in [-0.1, -0.05) is 12.1 Å². The number of nitrogens with zero attached hydrogens (tertiary/aromatic N) is 2. The molecule has 0 aliphatic carbocycles. The second-order valence-electron chi connectivity index (χ2n) is 4.75. The molecule has 4 nitrogen and oxygen atoms in total. The molecule has 0 amide bonds. The first-order valence-corrected chi connectivity index (χ1v) is 6.05. The molecule has 0 bridgehead atoms. The highest BCUT2D eigenvalue weighted by Crippen LogP contribution is 2.34. The summed E-state index contributed by atoms with van der Waals surface area (Å²) in [6.07, 6.45) is 0.635. The van der Waals surface area contributed by atoms with E-state index in [9.17, 15) is 10.1 Å². The number of nitriles is 1. The summed E-state index contributed by atoms with van der Waals surface area (Å²) in [6, 6.07) is 7.71. The summed E-state index contributed by atoms with van der Waals surface area (Å²) in [5, 5.41) is 18.3. The van der Waals surface area contributed by atoms with Gasteiger partial charge in [0, 0.05) is 12.6 Å². The van der Waals surface area contributed by atoms with Gasteiger partial charge in [-0.15, -0.1) is 0 Å². The lowest BCUT2D eigenvalue weighted by Crippen LogP contribution is -2.33. The number of hydrogen-bond acceptors (Lipinski definition) is 3. The second kappa shape index (κ2) is 4.69. The van der Waals surface area contributed by atoms with Gasteiger partial charge in [-0.3, -0.25) is 4.79 Å². The van der Waals surface area contributed by atoms with Crippen molar-refractivity contribution in [3.63, 3.8) is 0 Å². The maximum Gasteiger partial charge on any atom is 0.308 e. The van der Waals surface area contributed by atoms with E-state index in [-0.39, 0.29) is 12.0 Å². The van der Waals surface area contributed by atoms with Crippen LogP contribution in [0.25, 0.3) is 0 Å². The van der Waals surface area contributed by atoms with Crippen LogP contribution in [-0.2, 0) is 4.79 Å². The highest BCUT2D eigenvalue weighted by atomic mass is 16.4. The molecule has 1 aromatic rings. The third-order valence-corrected chi connectivity index (χ3v) is 3.72. The lowest BCUT2D eigenvalue weighted by atomic mass is 10.0. The minimum Gasteiger partial charge on any atom is -0.481 e. The molecular weight excluding hydrogens is 228 g/mol. The van der Waals surface area contributed by atoms with E-state index in [0.717, 1.165) is 11.3 Å². The van der Waals surface area contributed by atoms with Crippen molar-refractivity contribution in [1.29, 1.82) is 5.26 Å². The summed E-state index contributed by atoms with van der Waals surface area (Å²) in [7, 11) is 0. The van der Waals surface area contributed by atoms with E-state index in [0.29, 0.717) is 18.5 Å². The minimum absolute atomic E-state index is 0.0734. The van der Waals surface area contributed by atoms with Gasteiger partial charge < -0.3 is 10.0 Å². The van der Waals surface area contributed by atoms with E-state index in [2.05, 4.69) is 6.07 Å². The average Bonchev–Trinajstić information content (AvgIpc) is 2.70. The molecule has 0 spiro atoms. The van der Waals surface area contributed by atoms with Gasteiger partial charge in [0.2, 0.25) is 0 Å². The molecule has 2 unspecified atom stereocenters. The monoisotopic (exact) mass is 244 g/mol. The van der Waals surface area contributed by atoms with Gasteiger partial charge in [0.15, 0.2) is 0 Å². The zero-order chi connectivity index (χ0) is 13.3. The Bertz CT molecular complexity index is 519. The predicted octanol–water partition coefficient (Wildman–Crippen LogP) is 2.17. The maximum atomic E-state index is 11.1. The summed E-state index contributed by atoms with van der Waals surface area (Å²) in [6.45, 7) is 4.56. The van der Waals surface area contributed by atoms with Crippen LogP contribution >= 0.6 is 0 Å². The highest BCUT2D eigenvalue weighted by Gasteiger charge is 2.36. The molecule has 0 radical (unpaired) electrons. The van der Waals surface area contributed by atoms with Crippen LogP contribution < -0.4 is 4.90 Å². The molecule has 0 saturated carbocycles. The van der Waals surface area contributed by atoms with Gasteiger partial charge in [0.05, 0.1) is 17.2 Å². The van der Waals surface area contributed by atoms with Crippen molar-refractivity contribution in [1.82, 2.24) is 0 Å². The molecule has 0 aromatic heterocycles. The summed E-state index contributed by atoms with van der Waals surface area (Å²) in [5.41, 5.74) is 2.52. The zero-order valence-corrected chi connectivity index (χ0v) is 10.6. The molecule has 1 aliphatic rings. The van der Waals surface area contributed by atoms with Crippen molar-refractivity contribution in [2.75, 3.05) is 11.4 Å². The van der Waals surface area contributed by atoms with Gasteiger partial charge in [-0.05, 0) is 31.9 Å². The number of carbonyl (C=O) groups is 1. The van der Waals surface area contributed by atoms with Crippen LogP contribution in [0.1, 0.15) is 24.5 Å². The first-order chi connectivity index (χ1) is 8.56. The molecule has 1 N–H and O–H groups in total. The first kappa shape index (κ1) is 12.4. The van der Waals surface area contributed by atoms with Crippen molar-refractivity contribution in [3.8, 4) is 6.07 Å². The third-order valence-electron chi connectivity index (χ3n) is 3.72. The van der Waals surface area contributed by atoms with Crippen LogP contribution in [-0.4, -0.2) is 23.7 Å². The second-order valence-corrected chi connectivity index (χ2v) is 4.75. The number of hydrogen-bond donors (Lipinski definition) is 1. The largest absolute Gasteiger partial charge is 0.481 e. The van der Waals surface area contributed by atoms with Crippen LogP contribution in [0.5, 0.6) is 0 Å². The fourth-order valence-corrected chi connectivity index (χ4v) is 2.72. The van der Waals surface area contributed by atoms with Gasteiger partial charge in [0.1, 0.15) is 6.07 Å². The van der Waals surface area contributed by atoms with E-state index in [4.69, 9.17) is 5.11 Å². The molecule has 1 aromatic carbocycles. The van der Waals surface area contributed by atoms with E-state index in [1.165, 1.54) is 0 Å². The number of para-hydroxylation sites is 1. The fourth-order valence-electron chi connectivity index (χ4n) is 2.72. The van der Waals surface area contributed by atoms with E-state index >= 15 is 0 Å². The topological polar surface area (TPSA) is 64.3 Å². The standard InChI is InChI=1S/C14H16N2O2/c1-9-4-3-5-11(8-15)13(9)16-7-6-12(10(16)2)14(17)18/h3-5,10,12H,6-7H2,1-2H3,(H,17,18). The van der Waals surface area contributed by atoms with E-state index < -0.39 is 5.97 Å². The van der Waals surface area contributed by atoms with Gasteiger partial charge in [-0.2, -0.15) is 5.26 Å². The third kappa shape index (κ3) is 1.92. The van der Waals surface area contributed by atoms with Crippen molar-refractivity contribution in [2.45, 2.75) is 26.3 Å². The molecule has 4 heteroatoms. The van der Waals surface area contributed by atoms with Gasteiger partial charge >= 0.3 is 5.97 Å². The van der Waals surface area contributed by atoms with Crippen LogP contribution in [0.2, 0.25) is 0 Å². The lowest BCUT2D eigenvalue weighted by Gasteiger charge is -2.27. The Labute approximate surface area is 106 Å². The summed E-state index contributed by atoms with van der Waals surface area (Å²) < 4.78 is 0. The SMILES string of the molecule is Cc1cccc(C#N)c1N1CCC(C(=O)O)C1C. The summed E-state index contributed by atoms with van der Waals surface area (Å²) in [4.78, 5) is 13.2. The molecule has 18 heavy (non-hydrogen) atoms. The Morgan fingerprint density at radius 1 is 1.56 bits per heavy atom. The smallest absolute Gasteiger partial charge is 0.308 e. The number of carboxylic acids is 1. The molecule has 1 aliphatic heterocycles. The molecule has 1 saturated heterocycles. The molecular formula is C14H16N2O2. The van der Waals surface area contributed by atoms with Crippen LogP contribution in [0, 0.1) is 24.2 Å². The molecule has 94 valence electrons. The quantitative estimate of drug-likeness (QED) is 0.865. The fraction of sp³-hybridized carbons (Fsp3) is 0.429. The molecule has 2 rings (SSSR count). The first-order valence-electron chi connectivity index (χ1n) is 6.05. The predicted molar refractivity (Wildman–Crippen MR) is 68.4 cm³/mol. The Hall–Kier alpha value is -2.02. The van der Waals surface area contributed by atoms with Crippen molar-refractivity contribution in [2.24, 2.45) is 5.92 Å². The molecule has 1 fully saturated rings. The summed E-state index contributed by atoms with van der Waals surface area (Å²) >= 11 is 0. The summed E-state index contributed by atoms with van der Waals surface area (Å²) in [5.74, 6) is -1.10. The van der Waals surface area contributed by atoms with E-state index in [1.807, 2.05) is 30.9 Å². The minimum atomic E-state index is -0.753. The highest BCUT2D eigenvalue weighted by molar-refractivity contribution is 5.74. The Morgan fingerprint density at radius 2 is 2.28 bits per heavy atom. The number of aliphatic carboxylic acids is 1. The number of aryl methyl sites for hydroxylation is 1. The van der Waals surface area contributed by atoms with Gasteiger partial charge in [0.25, 0.3) is 0 Å². The van der Waals surface area contributed by atoms with Crippen molar-refractivity contribution in [3.05, 3.63) is 29.3 Å². The molecule has 1 heterocycles. The van der Waals surface area contributed by atoms with Gasteiger partial charge in [-0.25, -0.2) is 0 Å². The Balaban J connectivity index is 2.40. The van der Waals surface area contributed by atoms with Crippen molar-refractivity contribution < 1.29 is 9.90 Å². The van der Waals surface area contributed by atoms with Crippen LogP contribution in [0.3, 0.4) is 0 Å². The maximum absolute atomic E-state index is 11.1. The number of benzene rings is 1. The Morgan fingerprint density at radius 3 is 2.83 bits per heavy atom. The Kier molecular flexibility index (Phi) is 3.24. The van der Waals surface area contributed by atoms with Crippen LogP contribution in [0.15, 0.2) is 18.2 Å². The van der Waals surface area contributed by atoms with Crippen LogP contribution in [0.4, 0.5) is 5.69 Å².